The van der Waals surface area contributed by atoms with Crippen LogP contribution < -0.4 is 5.32 Å². The minimum absolute atomic E-state index is 0.0261. The van der Waals surface area contributed by atoms with Crippen molar-refractivity contribution >= 4 is 16.8 Å². The number of hydrogen-bond acceptors (Lipinski definition) is 2. The highest BCUT2D eigenvalue weighted by Gasteiger charge is 2.10. The van der Waals surface area contributed by atoms with Crippen LogP contribution in [0, 0.1) is 11.3 Å². The molecule has 0 bridgehead atoms. The Morgan fingerprint density at radius 3 is 3.07 bits per heavy atom. The number of aromatic nitrogens is 1. The van der Waals surface area contributed by atoms with Gasteiger partial charge in [0, 0.05) is 17.1 Å². The summed E-state index contributed by atoms with van der Waals surface area (Å²) in [6, 6.07) is 9.40. The van der Waals surface area contributed by atoms with E-state index in [2.05, 4.69) is 10.3 Å². The van der Waals surface area contributed by atoms with Crippen molar-refractivity contribution in [2.45, 2.75) is 0 Å². The van der Waals surface area contributed by atoms with Gasteiger partial charge >= 0.3 is 0 Å². The summed E-state index contributed by atoms with van der Waals surface area (Å²) in [5.74, 6) is -0.228. The average molecular weight is 199 g/mol. The normalized spacial score (nSPS) is 9.80. The van der Waals surface area contributed by atoms with Gasteiger partial charge < -0.3 is 10.3 Å². The quantitative estimate of drug-likeness (QED) is 0.718. The number of carbonyl (C=O) groups excluding carboxylic acids is 1. The molecule has 4 heteroatoms. The summed E-state index contributed by atoms with van der Waals surface area (Å²) in [5, 5.41) is 11.7. The van der Waals surface area contributed by atoms with E-state index >= 15 is 0 Å². The van der Waals surface area contributed by atoms with Crippen LogP contribution in [0.1, 0.15) is 10.4 Å². The van der Waals surface area contributed by atoms with Crippen LogP contribution in [0.4, 0.5) is 0 Å². The number of aromatic amines is 1. The number of nitrogens with zero attached hydrogens (tertiary/aromatic N) is 1. The molecule has 4 nitrogen and oxygen atoms in total. The Hall–Kier alpha value is -2.28. The number of nitrogens with one attached hydrogen (secondary N) is 2. The Balaban J connectivity index is 2.36. The number of fused-ring (bicyclic) bond motifs is 1. The molecule has 0 aliphatic heterocycles. The molecule has 1 amide bonds. The number of para-hydroxylation sites is 1. The van der Waals surface area contributed by atoms with E-state index < -0.39 is 0 Å². The molecule has 0 radical (unpaired) electrons. The van der Waals surface area contributed by atoms with Crippen molar-refractivity contribution in [3.63, 3.8) is 0 Å². The molecule has 74 valence electrons. The van der Waals surface area contributed by atoms with Gasteiger partial charge in [0.15, 0.2) is 0 Å². The summed E-state index contributed by atoms with van der Waals surface area (Å²) >= 11 is 0. The van der Waals surface area contributed by atoms with E-state index in [9.17, 15) is 4.79 Å². The fourth-order valence-corrected chi connectivity index (χ4v) is 1.47. The van der Waals surface area contributed by atoms with Crippen LogP contribution in [0.15, 0.2) is 30.5 Å². The molecular formula is C11H9N3O. The predicted octanol–water partition coefficient (Wildman–Crippen LogP) is 1.42. The second kappa shape index (κ2) is 3.84. The minimum Gasteiger partial charge on any atom is -0.360 e. The van der Waals surface area contributed by atoms with E-state index in [1.54, 1.807) is 6.20 Å². The molecule has 15 heavy (non-hydrogen) atoms. The molecule has 1 aromatic carbocycles. The van der Waals surface area contributed by atoms with Crippen LogP contribution >= 0.6 is 0 Å². The Kier molecular flexibility index (Phi) is 2.38. The van der Waals surface area contributed by atoms with Gasteiger partial charge in [-0.05, 0) is 6.07 Å². The molecule has 1 heterocycles. The van der Waals surface area contributed by atoms with E-state index in [-0.39, 0.29) is 12.5 Å². The van der Waals surface area contributed by atoms with E-state index in [0.717, 1.165) is 10.9 Å². The third kappa shape index (κ3) is 1.67. The zero-order valence-corrected chi connectivity index (χ0v) is 7.95. The van der Waals surface area contributed by atoms with Gasteiger partial charge in [-0.2, -0.15) is 5.26 Å². The maximum absolute atomic E-state index is 11.6. The summed E-state index contributed by atoms with van der Waals surface area (Å²) in [6.07, 6.45) is 1.65. The van der Waals surface area contributed by atoms with E-state index in [4.69, 9.17) is 5.26 Å². The fraction of sp³-hybridized carbons (Fsp3) is 0.0909. The summed E-state index contributed by atoms with van der Waals surface area (Å²) in [6.45, 7) is 0.0261. The van der Waals surface area contributed by atoms with E-state index in [0.29, 0.717) is 5.56 Å². The Morgan fingerprint density at radius 2 is 2.27 bits per heavy atom. The Bertz CT molecular complexity index is 536. The zero-order chi connectivity index (χ0) is 10.7. The molecule has 0 aliphatic rings. The van der Waals surface area contributed by atoms with Gasteiger partial charge in [-0.1, -0.05) is 18.2 Å². The minimum atomic E-state index is -0.228. The second-order valence-corrected chi connectivity index (χ2v) is 3.09. The molecule has 0 unspecified atom stereocenters. The maximum Gasteiger partial charge on any atom is 0.254 e. The van der Waals surface area contributed by atoms with Crippen LogP contribution in [0.3, 0.4) is 0 Å². The van der Waals surface area contributed by atoms with Crippen molar-refractivity contribution in [3.8, 4) is 6.07 Å². The molecule has 1 aromatic heterocycles. The molecule has 2 aromatic rings. The highest BCUT2D eigenvalue weighted by molar-refractivity contribution is 6.06. The number of hydrogen-bond donors (Lipinski definition) is 2. The molecule has 0 aliphatic carbocycles. The Morgan fingerprint density at radius 1 is 1.47 bits per heavy atom. The van der Waals surface area contributed by atoms with Gasteiger partial charge in [-0.25, -0.2) is 0 Å². The Labute approximate surface area is 86.5 Å². The van der Waals surface area contributed by atoms with Crippen LogP contribution in [0.25, 0.3) is 10.9 Å². The number of carbonyl (C=O) groups is 1. The van der Waals surface area contributed by atoms with Gasteiger partial charge in [-0.3, -0.25) is 4.79 Å². The van der Waals surface area contributed by atoms with Crippen molar-refractivity contribution in [2.75, 3.05) is 6.54 Å². The molecule has 2 N–H and O–H groups in total. The summed E-state index contributed by atoms with van der Waals surface area (Å²) in [7, 11) is 0. The van der Waals surface area contributed by atoms with Crippen molar-refractivity contribution in [1.29, 1.82) is 5.26 Å². The molecule has 0 fully saturated rings. The number of amides is 1. The lowest BCUT2D eigenvalue weighted by atomic mass is 10.1. The van der Waals surface area contributed by atoms with Gasteiger partial charge in [-0.15, -0.1) is 0 Å². The smallest absolute Gasteiger partial charge is 0.254 e. The van der Waals surface area contributed by atoms with Crippen LogP contribution in [0.5, 0.6) is 0 Å². The topological polar surface area (TPSA) is 68.7 Å². The standard InChI is InChI=1S/C11H9N3O/c12-5-6-13-11(15)9-7-14-10-4-2-1-3-8(9)10/h1-4,7,14H,6H2,(H,13,15). The summed E-state index contributed by atoms with van der Waals surface area (Å²) < 4.78 is 0. The first kappa shape index (κ1) is 9.28. The first-order valence-corrected chi connectivity index (χ1v) is 4.54. The maximum atomic E-state index is 11.6. The lowest BCUT2D eigenvalue weighted by molar-refractivity contribution is 0.0960. The second-order valence-electron chi connectivity index (χ2n) is 3.09. The molecule has 0 saturated carbocycles. The SMILES string of the molecule is N#CCNC(=O)c1c[nH]c2ccccc12. The number of H-pyrrole nitrogens is 1. The summed E-state index contributed by atoms with van der Waals surface area (Å²) in [5.41, 5.74) is 1.49. The van der Waals surface area contributed by atoms with Gasteiger partial charge in [0.25, 0.3) is 5.91 Å². The first-order chi connectivity index (χ1) is 7.33. The number of benzene rings is 1. The zero-order valence-electron chi connectivity index (χ0n) is 7.95. The highest BCUT2D eigenvalue weighted by Crippen LogP contribution is 2.17. The van der Waals surface area contributed by atoms with E-state index in [1.807, 2.05) is 30.3 Å². The van der Waals surface area contributed by atoms with Crippen molar-refractivity contribution < 1.29 is 4.79 Å². The van der Waals surface area contributed by atoms with Gasteiger partial charge in [0.1, 0.15) is 6.54 Å². The third-order valence-electron chi connectivity index (χ3n) is 2.16. The van der Waals surface area contributed by atoms with Crippen LogP contribution in [-0.4, -0.2) is 17.4 Å². The molecule has 0 saturated heterocycles. The average Bonchev–Trinajstić information content (AvgIpc) is 2.69. The molecular weight excluding hydrogens is 190 g/mol. The fourth-order valence-electron chi connectivity index (χ4n) is 1.47. The third-order valence-corrected chi connectivity index (χ3v) is 2.16. The first-order valence-electron chi connectivity index (χ1n) is 4.54. The van der Waals surface area contributed by atoms with Crippen molar-refractivity contribution in [2.24, 2.45) is 0 Å². The summed E-state index contributed by atoms with van der Waals surface area (Å²) in [4.78, 5) is 14.6. The highest BCUT2D eigenvalue weighted by atomic mass is 16.1. The van der Waals surface area contributed by atoms with Crippen molar-refractivity contribution in [1.82, 2.24) is 10.3 Å². The lowest BCUT2D eigenvalue weighted by Gasteiger charge is -1.98. The lowest BCUT2D eigenvalue weighted by Crippen LogP contribution is -2.23. The van der Waals surface area contributed by atoms with Gasteiger partial charge in [0.05, 0.1) is 11.6 Å². The molecule has 0 atom stereocenters. The van der Waals surface area contributed by atoms with Crippen molar-refractivity contribution in [3.05, 3.63) is 36.0 Å². The van der Waals surface area contributed by atoms with Crippen LogP contribution in [-0.2, 0) is 0 Å². The molecule has 0 spiro atoms. The monoisotopic (exact) mass is 199 g/mol. The van der Waals surface area contributed by atoms with Crippen LogP contribution in [0.2, 0.25) is 0 Å². The van der Waals surface area contributed by atoms with E-state index in [1.165, 1.54) is 0 Å². The molecule has 2 rings (SSSR count). The largest absolute Gasteiger partial charge is 0.360 e. The predicted molar refractivity (Wildman–Crippen MR) is 56.2 cm³/mol. The number of nitriles is 1. The van der Waals surface area contributed by atoms with Gasteiger partial charge in [0.2, 0.25) is 0 Å². The number of rotatable bonds is 2.